The minimum absolute atomic E-state index is 0.0453. The third kappa shape index (κ3) is 10.7. The number of aliphatic hydroxyl groups is 1. The standard InChI is InChI=1S/C15H24O5S/c1-14-2-4-15(5-3-14)21-20-13-12-19-11-10-18-9-8-17-7-6-16/h2-5,16H,6-13H2,1H3. The van der Waals surface area contributed by atoms with E-state index < -0.39 is 0 Å². The Morgan fingerprint density at radius 3 is 1.90 bits per heavy atom. The first-order valence-electron chi connectivity index (χ1n) is 7.03. The number of benzene rings is 1. The van der Waals surface area contributed by atoms with Gasteiger partial charge >= 0.3 is 0 Å². The molecule has 0 heterocycles. The van der Waals surface area contributed by atoms with Crippen molar-refractivity contribution in [2.24, 2.45) is 0 Å². The molecule has 0 saturated heterocycles. The number of hydrogen-bond acceptors (Lipinski definition) is 6. The molecule has 0 radical (unpaired) electrons. The van der Waals surface area contributed by atoms with E-state index in [4.69, 9.17) is 23.5 Å². The predicted octanol–water partition coefficient (Wildman–Crippen LogP) is 2.06. The number of aryl methyl sites for hydroxylation is 1. The number of rotatable bonds is 13. The van der Waals surface area contributed by atoms with Gasteiger partial charge in [-0.05, 0) is 19.1 Å². The maximum atomic E-state index is 8.50. The van der Waals surface area contributed by atoms with E-state index >= 15 is 0 Å². The van der Waals surface area contributed by atoms with Gasteiger partial charge in [0.15, 0.2) is 0 Å². The van der Waals surface area contributed by atoms with Crippen molar-refractivity contribution in [1.29, 1.82) is 0 Å². The molecule has 5 nitrogen and oxygen atoms in total. The zero-order chi connectivity index (χ0) is 15.2. The fourth-order valence-electron chi connectivity index (χ4n) is 1.40. The maximum Gasteiger partial charge on any atom is 0.0852 e. The van der Waals surface area contributed by atoms with Crippen LogP contribution in [0.1, 0.15) is 5.56 Å². The Bertz CT molecular complexity index is 344. The number of ether oxygens (including phenoxy) is 3. The van der Waals surface area contributed by atoms with Gasteiger partial charge in [0.1, 0.15) is 0 Å². The second-order valence-electron chi connectivity index (χ2n) is 4.28. The first-order chi connectivity index (χ1) is 10.3. The van der Waals surface area contributed by atoms with Crippen LogP contribution in [0.2, 0.25) is 0 Å². The van der Waals surface area contributed by atoms with Gasteiger partial charge in [0.2, 0.25) is 0 Å². The fraction of sp³-hybridized carbons (Fsp3) is 0.600. The monoisotopic (exact) mass is 316 g/mol. The molecule has 0 aliphatic rings. The molecule has 0 atom stereocenters. The summed E-state index contributed by atoms with van der Waals surface area (Å²) in [6, 6.07) is 8.19. The third-order valence-corrected chi connectivity index (χ3v) is 3.22. The largest absolute Gasteiger partial charge is 0.394 e. The second kappa shape index (κ2) is 13.1. The van der Waals surface area contributed by atoms with Gasteiger partial charge in [0.05, 0.1) is 52.9 Å². The Morgan fingerprint density at radius 1 is 0.810 bits per heavy atom. The Balaban J connectivity index is 1.81. The molecule has 0 unspecified atom stereocenters. The van der Waals surface area contributed by atoms with Crippen LogP contribution in [0.3, 0.4) is 0 Å². The minimum atomic E-state index is 0.0453. The molecule has 0 amide bonds. The molecule has 1 N–H and O–H groups in total. The average molecular weight is 316 g/mol. The molecule has 1 rings (SSSR count). The average Bonchev–Trinajstić information content (AvgIpc) is 2.50. The van der Waals surface area contributed by atoms with Crippen molar-refractivity contribution in [3.63, 3.8) is 0 Å². The van der Waals surface area contributed by atoms with E-state index in [0.29, 0.717) is 46.2 Å². The van der Waals surface area contributed by atoms with Crippen LogP contribution in [0.4, 0.5) is 0 Å². The van der Waals surface area contributed by atoms with Crippen molar-refractivity contribution in [2.45, 2.75) is 11.8 Å². The molecule has 0 bridgehead atoms. The van der Waals surface area contributed by atoms with E-state index in [9.17, 15) is 0 Å². The van der Waals surface area contributed by atoms with E-state index in [-0.39, 0.29) is 6.61 Å². The van der Waals surface area contributed by atoms with Crippen molar-refractivity contribution >= 4 is 12.0 Å². The highest BCUT2D eigenvalue weighted by molar-refractivity contribution is 7.94. The van der Waals surface area contributed by atoms with Gasteiger partial charge in [-0.15, -0.1) is 0 Å². The van der Waals surface area contributed by atoms with E-state index in [1.165, 1.54) is 17.6 Å². The van der Waals surface area contributed by atoms with Crippen LogP contribution in [-0.4, -0.2) is 58.0 Å². The molecule has 0 fully saturated rings. The molecule has 6 heteroatoms. The van der Waals surface area contributed by atoms with Gasteiger partial charge in [-0.3, -0.25) is 0 Å². The van der Waals surface area contributed by atoms with Crippen LogP contribution in [0.15, 0.2) is 29.2 Å². The van der Waals surface area contributed by atoms with Crippen molar-refractivity contribution in [3.05, 3.63) is 29.8 Å². The molecule has 0 spiro atoms. The summed E-state index contributed by atoms with van der Waals surface area (Å²) in [6.45, 7) is 5.64. The molecule has 0 saturated carbocycles. The molecule has 0 aliphatic heterocycles. The summed E-state index contributed by atoms with van der Waals surface area (Å²) in [7, 11) is 0. The molecule has 1 aromatic rings. The van der Waals surface area contributed by atoms with E-state index in [1.807, 2.05) is 12.1 Å². The summed E-state index contributed by atoms with van der Waals surface area (Å²) >= 11 is 1.36. The zero-order valence-corrected chi connectivity index (χ0v) is 13.3. The molecule has 0 aromatic heterocycles. The normalized spacial score (nSPS) is 11.0. The van der Waals surface area contributed by atoms with Gasteiger partial charge in [-0.1, -0.05) is 17.7 Å². The van der Waals surface area contributed by atoms with Crippen molar-refractivity contribution in [1.82, 2.24) is 0 Å². The van der Waals surface area contributed by atoms with Crippen molar-refractivity contribution in [2.75, 3.05) is 52.9 Å². The van der Waals surface area contributed by atoms with Crippen molar-refractivity contribution < 1.29 is 23.5 Å². The van der Waals surface area contributed by atoms with E-state index in [1.54, 1.807) is 0 Å². The molecule has 120 valence electrons. The highest BCUT2D eigenvalue weighted by atomic mass is 32.2. The third-order valence-electron chi connectivity index (χ3n) is 2.47. The Morgan fingerprint density at radius 2 is 1.33 bits per heavy atom. The lowest BCUT2D eigenvalue weighted by atomic mass is 10.2. The SMILES string of the molecule is Cc1ccc(SOCCOCCOCCOCCO)cc1. The van der Waals surface area contributed by atoms with Gasteiger partial charge in [0.25, 0.3) is 0 Å². The van der Waals surface area contributed by atoms with Crippen LogP contribution >= 0.6 is 12.0 Å². The van der Waals surface area contributed by atoms with E-state index in [2.05, 4.69) is 19.1 Å². The topological polar surface area (TPSA) is 57.2 Å². The Hall–Kier alpha value is -0.630. The lowest BCUT2D eigenvalue weighted by Crippen LogP contribution is -2.12. The highest BCUT2D eigenvalue weighted by Crippen LogP contribution is 2.18. The van der Waals surface area contributed by atoms with Crippen LogP contribution in [0.5, 0.6) is 0 Å². The zero-order valence-electron chi connectivity index (χ0n) is 12.5. The lowest BCUT2D eigenvalue weighted by Gasteiger charge is -2.06. The van der Waals surface area contributed by atoms with Crippen LogP contribution in [0.25, 0.3) is 0 Å². The fourth-order valence-corrected chi connectivity index (χ4v) is 1.94. The Kier molecular flexibility index (Phi) is 11.5. The number of aliphatic hydroxyl groups excluding tert-OH is 1. The molecular formula is C15H24O5S. The summed E-state index contributed by atoms with van der Waals surface area (Å²) in [5.41, 5.74) is 1.24. The molecular weight excluding hydrogens is 292 g/mol. The summed E-state index contributed by atoms with van der Waals surface area (Å²) in [4.78, 5) is 1.09. The second-order valence-corrected chi connectivity index (χ2v) is 5.15. The summed E-state index contributed by atoms with van der Waals surface area (Å²) in [5.74, 6) is 0. The van der Waals surface area contributed by atoms with Gasteiger partial charge in [-0.2, -0.15) is 0 Å². The predicted molar refractivity (Wildman–Crippen MR) is 82.5 cm³/mol. The quantitative estimate of drug-likeness (QED) is 0.444. The summed E-state index contributed by atoms with van der Waals surface area (Å²) in [5, 5.41) is 8.50. The summed E-state index contributed by atoms with van der Waals surface area (Å²) < 4.78 is 21.2. The first kappa shape index (κ1) is 18.4. The van der Waals surface area contributed by atoms with Gasteiger partial charge in [0, 0.05) is 16.9 Å². The highest BCUT2D eigenvalue weighted by Gasteiger charge is 1.95. The minimum Gasteiger partial charge on any atom is -0.394 e. The van der Waals surface area contributed by atoms with Crippen molar-refractivity contribution in [3.8, 4) is 0 Å². The smallest absolute Gasteiger partial charge is 0.0852 e. The summed E-state index contributed by atoms with van der Waals surface area (Å²) in [6.07, 6.45) is 0. The first-order valence-corrected chi connectivity index (χ1v) is 7.77. The van der Waals surface area contributed by atoms with Gasteiger partial charge < -0.3 is 23.5 Å². The van der Waals surface area contributed by atoms with Crippen LogP contribution < -0.4 is 0 Å². The van der Waals surface area contributed by atoms with E-state index in [0.717, 1.165) is 4.90 Å². The number of hydrogen-bond donors (Lipinski definition) is 1. The molecule has 1 aromatic carbocycles. The molecule has 21 heavy (non-hydrogen) atoms. The van der Waals surface area contributed by atoms with Crippen LogP contribution in [0, 0.1) is 6.92 Å². The van der Waals surface area contributed by atoms with Crippen LogP contribution in [-0.2, 0) is 18.4 Å². The molecule has 0 aliphatic carbocycles. The Labute approximate surface area is 130 Å². The van der Waals surface area contributed by atoms with Gasteiger partial charge in [-0.25, -0.2) is 0 Å². The maximum absolute atomic E-state index is 8.50. The lowest BCUT2D eigenvalue weighted by molar-refractivity contribution is 0.00442.